The molecule has 13 aromatic carbocycles. The van der Waals surface area contributed by atoms with Crippen LogP contribution in [-0.4, -0.2) is 32.3 Å². The fourth-order valence-corrected chi connectivity index (χ4v) is 45.9. The molecule has 118 heavy (non-hydrogen) atoms. The summed E-state index contributed by atoms with van der Waals surface area (Å²) in [6.07, 6.45) is 0. The molecule has 0 N–H and O–H groups in total. The van der Waals surface area contributed by atoms with Gasteiger partial charge in [-0.3, -0.25) is 0 Å². The largest absolute Gasteiger partial charge is 0.139 e. The molecule has 0 saturated heterocycles. The Morgan fingerprint density at radius 1 is 0.169 bits per heavy atom. The SMILES string of the molecule is CC(C)C[Si](C#Cc1c2cc3ccc(-c4ccc(-c5ccc6cc7c(C#C[Si](CC(C)C)(CC(C)C)CC(C)C)c8cc9cc%10ccccc%10cc9cc8c(C#C[Si](CC(C)C)(CC(C)C)CC(C)C)c7cc6c5)cc4)cc3cc2c(C#C[Si](CC(C)C)(CC(C)C)CC(C)C)c2cc3cc4ccccc4cc3cc12)(CC(C)C)CC(C)C. The second-order valence-electron chi connectivity index (χ2n) is 42.2. The maximum Gasteiger partial charge on any atom is 0.139 e. The first-order valence-corrected chi connectivity index (χ1v) is 56.4. The van der Waals surface area contributed by atoms with Gasteiger partial charge < -0.3 is 0 Å². The van der Waals surface area contributed by atoms with Crippen molar-refractivity contribution in [3.05, 3.63) is 204 Å². The summed E-state index contributed by atoms with van der Waals surface area (Å²) in [6, 6.07) is 85.9. The summed E-state index contributed by atoms with van der Waals surface area (Å²) >= 11 is 0. The second kappa shape index (κ2) is 36.5. The monoisotopic (exact) mass is 1620 g/mol. The quantitative estimate of drug-likeness (QED) is 0.0288. The zero-order valence-electron chi connectivity index (χ0n) is 76.7. The molecule has 0 radical (unpaired) electrons. The summed E-state index contributed by atoms with van der Waals surface area (Å²) in [5, 5.41) is 24.8. The predicted molar refractivity (Wildman–Crippen MR) is 539 cm³/mol. The summed E-state index contributed by atoms with van der Waals surface area (Å²) in [6.45, 7) is 58.4. The number of hydrogen-bond acceptors (Lipinski definition) is 0. The van der Waals surface area contributed by atoms with Crippen molar-refractivity contribution >= 4 is 140 Å². The van der Waals surface area contributed by atoms with Gasteiger partial charge in [0.05, 0.1) is 0 Å². The molecule has 0 unspecified atom stereocenters. The van der Waals surface area contributed by atoms with Crippen LogP contribution in [0.4, 0.5) is 0 Å². The highest BCUT2D eigenvalue weighted by molar-refractivity contribution is 6.89. The van der Waals surface area contributed by atoms with E-state index in [0.717, 1.165) is 0 Å². The van der Waals surface area contributed by atoms with Crippen molar-refractivity contribution < 1.29 is 0 Å². The van der Waals surface area contributed by atoms with Crippen LogP contribution in [-0.2, 0) is 0 Å². The summed E-state index contributed by atoms with van der Waals surface area (Å²) in [5.41, 5.74) is 27.0. The minimum absolute atomic E-state index is 0.570. The van der Waals surface area contributed by atoms with Gasteiger partial charge in [-0.15, -0.1) is 22.2 Å². The van der Waals surface area contributed by atoms with E-state index in [1.807, 2.05) is 0 Å². The highest BCUT2D eigenvalue weighted by Crippen LogP contribution is 2.45. The Morgan fingerprint density at radius 2 is 0.322 bits per heavy atom. The Kier molecular flexibility index (Phi) is 27.0. The molecule has 0 bridgehead atoms. The van der Waals surface area contributed by atoms with Crippen molar-refractivity contribution in [1.29, 1.82) is 0 Å². The first kappa shape index (κ1) is 87.4. The predicted octanol–water partition coefficient (Wildman–Crippen LogP) is 33.8. The molecule has 0 aliphatic rings. The number of hydrogen-bond donors (Lipinski definition) is 0. The van der Waals surface area contributed by atoms with Crippen LogP contribution < -0.4 is 0 Å². The fourth-order valence-electron chi connectivity index (χ4n) is 22.3. The van der Waals surface area contributed by atoms with Crippen LogP contribution >= 0.6 is 0 Å². The average Bonchev–Trinajstić information content (AvgIpc) is 0.729. The smallest absolute Gasteiger partial charge is 0.126 e. The van der Waals surface area contributed by atoms with E-state index in [9.17, 15) is 0 Å². The van der Waals surface area contributed by atoms with Gasteiger partial charge in [-0.2, -0.15) is 0 Å². The van der Waals surface area contributed by atoms with E-state index in [0.29, 0.717) is 71.0 Å². The van der Waals surface area contributed by atoms with Gasteiger partial charge in [0.15, 0.2) is 0 Å². The minimum Gasteiger partial charge on any atom is -0.126 e. The zero-order chi connectivity index (χ0) is 84.4. The lowest BCUT2D eigenvalue weighted by atomic mass is 9.88. The maximum absolute atomic E-state index is 4.39. The molecule has 0 aromatic heterocycles. The third-order valence-electron chi connectivity index (χ3n) is 24.7. The molecule has 0 fully saturated rings. The number of rotatable bonds is 26. The lowest BCUT2D eigenvalue weighted by Crippen LogP contribution is -2.37. The summed E-state index contributed by atoms with van der Waals surface area (Å²) in [7, 11) is -8.58. The van der Waals surface area contributed by atoms with Crippen LogP contribution in [0.2, 0.25) is 72.5 Å². The van der Waals surface area contributed by atoms with E-state index in [1.54, 1.807) is 0 Å². The molecule has 0 nitrogen and oxygen atoms in total. The van der Waals surface area contributed by atoms with Crippen molar-refractivity contribution in [1.82, 2.24) is 0 Å². The highest BCUT2D eigenvalue weighted by Gasteiger charge is 2.39. The average molecular weight is 1620 g/mol. The van der Waals surface area contributed by atoms with Crippen LogP contribution in [0.1, 0.15) is 188 Å². The Morgan fingerprint density at radius 3 is 0.500 bits per heavy atom. The molecule has 13 rings (SSSR count). The molecular weight excluding hydrogens is 1480 g/mol. The van der Waals surface area contributed by atoms with Gasteiger partial charge in [-0.1, -0.05) is 287 Å². The van der Waals surface area contributed by atoms with E-state index in [4.69, 9.17) is 0 Å². The van der Waals surface area contributed by atoms with Crippen molar-refractivity contribution in [3.8, 4) is 68.1 Å². The maximum atomic E-state index is 4.39. The third kappa shape index (κ3) is 20.3. The first-order valence-electron chi connectivity index (χ1n) is 45.9. The molecule has 0 amide bonds. The fraction of sp³-hybridized carbons (Fsp3) is 0.421. The van der Waals surface area contributed by atoms with E-state index in [2.05, 4.69) is 394 Å². The van der Waals surface area contributed by atoms with Gasteiger partial charge in [0.25, 0.3) is 0 Å². The summed E-state index contributed by atoms with van der Waals surface area (Å²) in [4.78, 5) is 0. The Balaban J connectivity index is 1.02. The summed E-state index contributed by atoms with van der Waals surface area (Å²) in [5.74, 6) is 23.9. The van der Waals surface area contributed by atoms with E-state index >= 15 is 0 Å². The van der Waals surface area contributed by atoms with Gasteiger partial charge in [0.2, 0.25) is 0 Å². The lowest BCUT2D eigenvalue weighted by Gasteiger charge is -2.31. The molecular formula is C114H138Si4. The molecule has 610 valence electrons. The van der Waals surface area contributed by atoms with Crippen LogP contribution in [0.3, 0.4) is 0 Å². The second-order valence-corrected chi connectivity index (χ2v) is 58.3. The first-order chi connectivity index (χ1) is 56.0. The van der Waals surface area contributed by atoms with Gasteiger partial charge in [0, 0.05) is 22.3 Å². The summed E-state index contributed by atoms with van der Waals surface area (Å²) < 4.78 is 0. The van der Waals surface area contributed by atoms with Gasteiger partial charge >= 0.3 is 0 Å². The van der Waals surface area contributed by atoms with E-state index < -0.39 is 32.3 Å². The van der Waals surface area contributed by atoms with E-state index in [1.165, 1.54) is 225 Å². The molecule has 13 aromatic rings. The van der Waals surface area contributed by atoms with Crippen molar-refractivity contribution in [2.24, 2.45) is 71.0 Å². The topological polar surface area (TPSA) is 0 Å². The molecule has 0 aliphatic carbocycles. The van der Waals surface area contributed by atoms with Crippen LogP contribution in [0.5, 0.6) is 0 Å². The van der Waals surface area contributed by atoms with Gasteiger partial charge in [-0.05, 0) is 358 Å². The van der Waals surface area contributed by atoms with Crippen molar-refractivity contribution in [2.75, 3.05) is 0 Å². The van der Waals surface area contributed by atoms with Crippen LogP contribution in [0, 0.1) is 117 Å². The lowest BCUT2D eigenvalue weighted by molar-refractivity contribution is 0.650. The van der Waals surface area contributed by atoms with Gasteiger partial charge in [-0.25, -0.2) is 0 Å². The molecule has 0 saturated carbocycles. The van der Waals surface area contributed by atoms with Crippen molar-refractivity contribution in [3.63, 3.8) is 0 Å². The molecule has 0 aliphatic heterocycles. The van der Waals surface area contributed by atoms with Crippen LogP contribution in [0.15, 0.2) is 182 Å². The standard InChI is InChI=1S/C114H138Si4/c1-75(2)63-115(64-76(3)4,65-77(5)6)45-41-103-107-55-95-39-37-93(53-97(95)57-109(107)105(43-47-117(69-81(13)14,70-82(15)16)71-83(17)18)113-61-101-51-91-31-27-25-29-89(91)49-99(101)59-111(103)113)87-33-35-88(36-34-87)94-38-40-96-56-108-104(42-46-116(66-78(7)8,67-79(9)10)68-80(11)12)112-60-100-50-90-30-26-28-32-92(90)52-102(100)62-114(112)106(110(108)58-98(96)54-94)44-48-118(72-84(19)20,73-85(21)22)74-86(23)24/h25-40,49-62,75-86H,63-74H2,1-24H3. The Hall–Kier alpha value is -8.43. The minimum atomic E-state index is -2.16. The molecule has 0 heterocycles. The molecule has 4 heteroatoms. The normalized spacial score (nSPS) is 12.8. The number of benzene rings is 13. The Labute approximate surface area is 716 Å². The highest BCUT2D eigenvalue weighted by atomic mass is 28.3. The van der Waals surface area contributed by atoms with Gasteiger partial charge in [0.1, 0.15) is 32.3 Å². The Bertz CT molecular complexity index is 5670. The van der Waals surface area contributed by atoms with Crippen LogP contribution in [0.25, 0.3) is 130 Å². The third-order valence-corrected chi connectivity index (χ3v) is 46.5. The van der Waals surface area contributed by atoms with E-state index in [-0.39, 0.29) is 0 Å². The van der Waals surface area contributed by atoms with Crippen molar-refractivity contribution in [2.45, 2.75) is 239 Å². The molecule has 0 spiro atoms. The number of fused-ring (bicyclic) bond motifs is 10. The molecule has 0 atom stereocenters. The zero-order valence-corrected chi connectivity index (χ0v) is 80.7.